The lowest BCUT2D eigenvalue weighted by Crippen LogP contribution is -2.46. The van der Waals surface area contributed by atoms with Gasteiger partial charge in [0, 0.05) is 0 Å². The second-order valence-corrected chi connectivity index (χ2v) is 3.44. The van der Waals surface area contributed by atoms with Crippen LogP contribution in [-0.4, -0.2) is 26.5 Å². The zero-order chi connectivity index (χ0) is 9.07. The van der Waals surface area contributed by atoms with Gasteiger partial charge in [0.1, 0.15) is 0 Å². The van der Waals surface area contributed by atoms with Gasteiger partial charge in [0.05, 0.1) is 6.26 Å². The first-order chi connectivity index (χ1) is 4.83. The Hall–Kier alpha value is -1.15. The number of rotatable bonds is 2. The Morgan fingerprint density at radius 2 is 1.82 bits per heavy atom. The van der Waals surface area contributed by atoms with Gasteiger partial charge in [-0.25, -0.2) is 8.42 Å². The zero-order valence-corrected chi connectivity index (χ0v) is 6.44. The maximum absolute atomic E-state index is 10.3. The van der Waals surface area contributed by atoms with Crippen molar-refractivity contribution in [2.24, 2.45) is 5.73 Å². The number of carbonyl (C=O) groups is 2. The minimum Gasteiger partial charge on any atom is -0.361 e. The van der Waals surface area contributed by atoms with E-state index in [4.69, 9.17) is 0 Å². The predicted molar refractivity (Wildman–Crippen MR) is 35.3 cm³/mol. The van der Waals surface area contributed by atoms with E-state index in [2.05, 4.69) is 5.73 Å². The molecule has 0 saturated carbocycles. The van der Waals surface area contributed by atoms with Crippen molar-refractivity contribution >= 4 is 21.8 Å². The molecule has 0 atom stereocenters. The fourth-order valence-electron chi connectivity index (χ4n) is 0.201. The highest BCUT2D eigenvalue weighted by molar-refractivity contribution is 7.88. The minimum atomic E-state index is -3.54. The lowest BCUT2D eigenvalue weighted by Gasteiger charge is -2.00. The summed E-state index contributed by atoms with van der Waals surface area (Å²) < 4.78 is 20.6. The summed E-state index contributed by atoms with van der Waals surface area (Å²) in [7, 11) is -3.54. The molecule has 0 aromatic rings. The molecule has 2 amide bonds. The number of primary amides is 1. The predicted octanol–water partition coefficient (Wildman–Crippen LogP) is -2.95. The molecule has 7 nitrogen and oxygen atoms in total. The maximum atomic E-state index is 10.3. The molecule has 0 aromatic carbocycles. The summed E-state index contributed by atoms with van der Waals surface area (Å²) >= 11 is 0. The van der Waals surface area contributed by atoms with Gasteiger partial charge in [-0.05, 0) is 0 Å². The standard InChI is InChI=1S/C3H7N3O4S/c1-11(9,10)6-5-3(8)2(4)7/h6H,1H3,(H2,4,7)(H,5,8). The fourth-order valence-corrected chi connectivity index (χ4v) is 0.479. The van der Waals surface area contributed by atoms with E-state index in [1.54, 1.807) is 10.3 Å². The SMILES string of the molecule is CS(=O)(=O)NNC(=O)C(N)=O. The number of hydrazine groups is 1. The van der Waals surface area contributed by atoms with E-state index >= 15 is 0 Å². The summed E-state index contributed by atoms with van der Waals surface area (Å²) in [5, 5.41) is 0. The van der Waals surface area contributed by atoms with Gasteiger partial charge >= 0.3 is 11.8 Å². The topological polar surface area (TPSA) is 118 Å². The van der Waals surface area contributed by atoms with Gasteiger partial charge in [-0.1, -0.05) is 0 Å². The lowest BCUT2D eigenvalue weighted by molar-refractivity contribution is -0.137. The normalized spacial score (nSPS) is 10.6. The second kappa shape index (κ2) is 3.30. The zero-order valence-electron chi connectivity index (χ0n) is 5.62. The van der Waals surface area contributed by atoms with Crippen molar-refractivity contribution in [3.63, 3.8) is 0 Å². The molecule has 0 radical (unpaired) electrons. The third kappa shape index (κ3) is 5.30. The first-order valence-electron chi connectivity index (χ1n) is 2.39. The van der Waals surface area contributed by atoms with Crippen LogP contribution in [0.25, 0.3) is 0 Å². The summed E-state index contributed by atoms with van der Waals surface area (Å²) in [6.45, 7) is 0. The molecule has 11 heavy (non-hydrogen) atoms. The number of sulfonamides is 1. The quantitative estimate of drug-likeness (QED) is 0.311. The first-order valence-corrected chi connectivity index (χ1v) is 4.28. The molecule has 0 aliphatic carbocycles. The number of nitrogens with one attached hydrogen (secondary N) is 2. The molecular formula is C3H7N3O4S. The number of hydrogen-bond acceptors (Lipinski definition) is 4. The summed E-state index contributed by atoms with van der Waals surface area (Å²) in [4.78, 5) is 21.8. The Morgan fingerprint density at radius 3 is 2.09 bits per heavy atom. The van der Waals surface area contributed by atoms with Gasteiger partial charge in [-0.2, -0.15) is 0 Å². The molecule has 0 bridgehead atoms. The van der Waals surface area contributed by atoms with Crippen LogP contribution in [0.15, 0.2) is 0 Å². The Balaban J connectivity index is 3.92. The van der Waals surface area contributed by atoms with Crippen molar-refractivity contribution in [1.82, 2.24) is 10.3 Å². The molecule has 0 unspecified atom stereocenters. The van der Waals surface area contributed by atoms with Crippen LogP contribution in [0.1, 0.15) is 0 Å². The van der Waals surface area contributed by atoms with Crippen LogP contribution in [0.2, 0.25) is 0 Å². The van der Waals surface area contributed by atoms with Crippen LogP contribution in [0.3, 0.4) is 0 Å². The van der Waals surface area contributed by atoms with Crippen molar-refractivity contribution in [3.8, 4) is 0 Å². The van der Waals surface area contributed by atoms with E-state index in [1.807, 2.05) is 0 Å². The van der Waals surface area contributed by atoms with Crippen molar-refractivity contribution in [2.45, 2.75) is 0 Å². The highest BCUT2D eigenvalue weighted by Gasteiger charge is 2.09. The number of carbonyl (C=O) groups excluding carboxylic acids is 2. The molecule has 8 heteroatoms. The van der Waals surface area contributed by atoms with Crippen LogP contribution in [0.5, 0.6) is 0 Å². The molecule has 0 aromatic heterocycles. The van der Waals surface area contributed by atoms with Gasteiger partial charge in [0.15, 0.2) is 0 Å². The Labute approximate surface area is 63.0 Å². The van der Waals surface area contributed by atoms with Gasteiger partial charge in [0.2, 0.25) is 10.0 Å². The lowest BCUT2D eigenvalue weighted by atomic mass is 10.6. The van der Waals surface area contributed by atoms with E-state index in [1.165, 1.54) is 0 Å². The largest absolute Gasteiger partial charge is 0.361 e. The highest BCUT2D eigenvalue weighted by atomic mass is 32.2. The monoisotopic (exact) mass is 181 g/mol. The van der Waals surface area contributed by atoms with Crippen LogP contribution in [0, 0.1) is 0 Å². The van der Waals surface area contributed by atoms with Crippen molar-refractivity contribution in [2.75, 3.05) is 6.26 Å². The average molecular weight is 181 g/mol. The van der Waals surface area contributed by atoms with Crippen molar-refractivity contribution < 1.29 is 18.0 Å². The molecule has 0 fully saturated rings. The van der Waals surface area contributed by atoms with E-state index in [0.29, 0.717) is 0 Å². The third-order valence-electron chi connectivity index (χ3n) is 0.574. The van der Waals surface area contributed by atoms with Crippen LogP contribution in [-0.2, 0) is 19.6 Å². The summed E-state index contributed by atoms with van der Waals surface area (Å²) in [5.74, 6) is -2.48. The number of amides is 2. The van der Waals surface area contributed by atoms with Crippen molar-refractivity contribution in [3.05, 3.63) is 0 Å². The van der Waals surface area contributed by atoms with E-state index in [0.717, 1.165) is 6.26 Å². The minimum absolute atomic E-state index is 0.814. The summed E-state index contributed by atoms with van der Waals surface area (Å²) in [5.41, 5.74) is 6.05. The maximum Gasteiger partial charge on any atom is 0.323 e. The average Bonchev–Trinajstić information content (AvgIpc) is 1.80. The van der Waals surface area contributed by atoms with E-state index in [-0.39, 0.29) is 0 Å². The Kier molecular flexibility index (Phi) is 2.96. The van der Waals surface area contributed by atoms with Crippen molar-refractivity contribution in [1.29, 1.82) is 0 Å². The molecule has 0 heterocycles. The van der Waals surface area contributed by atoms with Gasteiger partial charge in [-0.3, -0.25) is 15.0 Å². The summed E-state index contributed by atoms with van der Waals surface area (Å²) in [6, 6.07) is 0. The number of nitrogens with two attached hydrogens (primary N) is 1. The molecule has 0 aliphatic heterocycles. The highest BCUT2D eigenvalue weighted by Crippen LogP contribution is 1.67. The first kappa shape index (κ1) is 9.85. The molecule has 0 rings (SSSR count). The molecule has 4 N–H and O–H groups in total. The molecule has 0 aliphatic rings. The Morgan fingerprint density at radius 1 is 1.36 bits per heavy atom. The molecular weight excluding hydrogens is 174 g/mol. The summed E-state index contributed by atoms with van der Waals surface area (Å²) in [6.07, 6.45) is 0.814. The van der Waals surface area contributed by atoms with Gasteiger partial charge in [0.25, 0.3) is 0 Å². The third-order valence-corrected chi connectivity index (χ3v) is 1.05. The van der Waals surface area contributed by atoms with E-state index < -0.39 is 21.8 Å². The smallest absolute Gasteiger partial charge is 0.323 e. The molecule has 64 valence electrons. The van der Waals surface area contributed by atoms with E-state index in [9.17, 15) is 18.0 Å². The van der Waals surface area contributed by atoms with Crippen LogP contribution in [0.4, 0.5) is 0 Å². The van der Waals surface area contributed by atoms with Gasteiger partial charge in [-0.15, -0.1) is 4.83 Å². The number of hydrogen-bond donors (Lipinski definition) is 3. The molecule has 0 spiro atoms. The second-order valence-electron chi connectivity index (χ2n) is 1.69. The fraction of sp³-hybridized carbons (Fsp3) is 0.333. The van der Waals surface area contributed by atoms with Crippen LogP contribution < -0.4 is 16.0 Å². The van der Waals surface area contributed by atoms with Crippen LogP contribution >= 0.6 is 0 Å². The molecule has 0 saturated heterocycles. The Bertz CT molecular complexity index is 268. The van der Waals surface area contributed by atoms with Gasteiger partial charge < -0.3 is 5.73 Å².